The predicted octanol–water partition coefficient (Wildman–Crippen LogP) is 3.96. The number of nitrogens with one attached hydrogen (secondary N) is 3. The number of aliphatic hydroxyl groups is 1. The molecule has 4 heterocycles. The van der Waals surface area contributed by atoms with Gasteiger partial charge in [0.05, 0.1) is 30.7 Å². The highest BCUT2D eigenvalue weighted by atomic mass is 35.5. The minimum atomic E-state index is -1.47. The first-order valence-electron chi connectivity index (χ1n) is 15.8. The number of β-amino-alcohol motifs (C(OH)–C–C–N with tert-alkyl or cyclic N) is 1. The summed E-state index contributed by atoms with van der Waals surface area (Å²) in [6.45, 7) is 8.55. The van der Waals surface area contributed by atoms with Gasteiger partial charge in [0.1, 0.15) is 22.5 Å². The van der Waals surface area contributed by atoms with Crippen LogP contribution in [0.5, 0.6) is 0 Å². The number of hydrogen-bond donors (Lipinski definition) is 4. The first kappa shape index (κ1) is 33.1. The monoisotopic (exact) mass is 675 g/mol. The quantitative estimate of drug-likeness (QED) is 0.267. The van der Waals surface area contributed by atoms with Crippen LogP contribution in [0.15, 0.2) is 46.8 Å². The molecule has 0 radical (unpaired) electrons. The minimum absolute atomic E-state index is 0.00513. The van der Waals surface area contributed by atoms with Crippen LogP contribution in [0.3, 0.4) is 0 Å². The highest BCUT2D eigenvalue weighted by Crippen LogP contribution is 2.62. The molecule has 46 heavy (non-hydrogen) atoms. The number of nitrogens with zero attached hydrogens (tertiary/aromatic N) is 2. The first-order valence-corrected chi connectivity index (χ1v) is 16.5. The Hall–Kier alpha value is -2.83. The molecule has 2 spiro atoms. The number of ether oxygens (including phenoxy) is 1. The van der Waals surface area contributed by atoms with E-state index in [9.17, 15) is 19.5 Å². The van der Waals surface area contributed by atoms with E-state index in [1.54, 1.807) is 23.1 Å². The third-order valence-electron chi connectivity index (χ3n) is 10.6. The highest BCUT2D eigenvalue weighted by Gasteiger charge is 2.73. The zero-order valence-electron chi connectivity index (χ0n) is 26.0. The molecule has 4 N–H and O–H groups in total. The van der Waals surface area contributed by atoms with E-state index in [2.05, 4.69) is 41.4 Å². The predicted molar refractivity (Wildman–Crippen MR) is 173 cm³/mol. The summed E-state index contributed by atoms with van der Waals surface area (Å²) < 4.78 is 22.6. The summed E-state index contributed by atoms with van der Waals surface area (Å²) in [6.07, 6.45) is 4.65. The number of allylic oxidation sites excluding steroid dienone is 1. The fourth-order valence-corrected chi connectivity index (χ4v) is 8.32. The molecular weight excluding hydrogens is 636 g/mol. The number of carbonyl (C=O) groups excluding carboxylic acids is 3. The molecule has 4 aliphatic heterocycles. The van der Waals surface area contributed by atoms with E-state index in [-0.39, 0.29) is 23.1 Å². The van der Waals surface area contributed by atoms with Crippen LogP contribution in [0.2, 0.25) is 5.02 Å². The van der Waals surface area contributed by atoms with Gasteiger partial charge in [0.15, 0.2) is 0 Å². The van der Waals surface area contributed by atoms with Crippen molar-refractivity contribution >= 4 is 52.8 Å². The number of aliphatic imine (C=N–C) groups is 1. The summed E-state index contributed by atoms with van der Waals surface area (Å²) in [5.74, 6) is -2.96. The van der Waals surface area contributed by atoms with Crippen LogP contribution in [-0.4, -0.2) is 83.5 Å². The van der Waals surface area contributed by atoms with E-state index >= 15 is 4.39 Å². The number of amides is 3. The summed E-state index contributed by atoms with van der Waals surface area (Å²) in [6, 6.07) is 3.56. The number of halogens is 3. The van der Waals surface area contributed by atoms with Gasteiger partial charge >= 0.3 is 0 Å². The molecule has 13 heteroatoms. The van der Waals surface area contributed by atoms with Gasteiger partial charge in [-0.05, 0) is 67.7 Å². The second-order valence-corrected chi connectivity index (χ2v) is 14.9. The molecule has 5 atom stereocenters. The van der Waals surface area contributed by atoms with Gasteiger partial charge in [-0.25, -0.2) is 9.38 Å². The number of likely N-dealkylation sites (tertiary alicyclic amines) is 1. The Balaban J connectivity index is 1.34. The molecule has 4 fully saturated rings. The smallest absolute Gasteiger partial charge is 0.251 e. The molecule has 248 valence electrons. The number of benzene rings is 1. The van der Waals surface area contributed by atoms with Gasteiger partial charge < -0.3 is 25.4 Å². The zero-order valence-corrected chi connectivity index (χ0v) is 27.5. The van der Waals surface area contributed by atoms with Crippen molar-refractivity contribution in [3.05, 3.63) is 52.4 Å². The van der Waals surface area contributed by atoms with Crippen molar-refractivity contribution in [2.75, 3.05) is 25.0 Å². The van der Waals surface area contributed by atoms with Crippen molar-refractivity contribution in [3.63, 3.8) is 0 Å². The maximum absolute atomic E-state index is 16.7. The first-order chi connectivity index (χ1) is 21.8. The van der Waals surface area contributed by atoms with Crippen LogP contribution in [-0.2, 0) is 24.5 Å². The molecule has 0 unspecified atom stereocenters. The maximum atomic E-state index is 16.7. The Morgan fingerprint density at radius 3 is 2.57 bits per heavy atom. The summed E-state index contributed by atoms with van der Waals surface area (Å²) in [5, 5.41) is 19.5. The van der Waals surface area contributed by atoms with Gasteiger partial charge in [-0.15, -0.1) is 0 Å². The summed E-state index contributed by atoms with van der Waals surface area (Å²) in [7, 11) is 0. The summed E-state index contributed by atoms with van der Waals surface area (Å²) in [5.41, 5.74) is -1.32. The second-order valence-electron chi connectivity index (χ2n) is 14.0. The van der Waals surface area contributed by atoms with Crippen LogP contribution in [0.25, 0.3) is 0 Å². The molecule has 1 aliphatic carbocycles. The molecule has 6 rings (SSSR count). The van der Waals surface area contributed by atoms with Crippen molar-refractivity contribution in [2.24, 2.45) is 16.3 Å². The molecule has 1 aromatic carbocycles. The number of rotatable bonds is 6. The number of fused-ring (bicyclic) bond motifs is 3. The fourth-order valence-electron chi connectivity index (χ4n) is 8.09. The average Bonchev–Trinajstić information content (AvgIpc) is 3.45. The molecule has 10 nitrogen and oxygen atoms in total. The van der Waals surface area contributed by atoms with Crippen LogP contribution in [0.1, 0.15) is 57.9 Å². The average molecular weight is 677 g/mol. The van der Waals surface area contributed by atoms with E-state index < -0.39 is 58.8 Å². The summed E-state index contributed by atoms with van der Waals surface area (Å²) >= 11 is 12.1. The molecule has 3 amide bonds. The molecule has 5 aliphatic rings. The second kappa shape index (κ2) is 12.3. The lowest BCUT2D eigenvalue weighted by molar-refractivity contribution is -0.157. The topological polar surface area (TPSA) is 132 Å². The van der Waals surface area contributed by atoms with Crippen molar-refractivity contribution in [1.29, 1.82) is 0 Å². The number of anilines is 1. The highest BCUT2D eigenvalue weighted by molar-refractivity contribution is 6.31. The van der Waals surface area contributed by atoms with Crippen molar-refractivity contribution in [2.45, 2.75) is 87.6 Å². The Labute approximate surface area is 277 Å². The maximum Gasteiger partial charge on any atom is 0.251 e. The Kier molecular flexibility index (Phi) is 8.86. The third kappa shape index (κ3) is 5.68. The van der Waals surface area contributed by atoms with Crippen LogP contribution in [0, 0.1) is 11.3 Å². The largest absolute Gasteiger partial charge is 0.389 e. The van der Waals surface area contributed by atoms with Crippen LogP contribution in [0.4, 0.5) is 10.1 Å². The van der Waals surface area contributed by atoms with E-state index in [0.29, 0.717) is 55.0 Å². The number of hydrogen-bond acceptors (Lipinski definition) is 7. The lowest BCUT2D eigenvalue weighted by Crippen LogP contribution is -2.62. The molecule has 0 aromatic heterocycles. The van der Waals surface area contributed by atoms with Gasteiger partial charge in [0.25, 0.3) is 5.91 Å². The van der Waals surface area contributed by atoms with Gasteiger partial charge in [0, 0.05) is 35.6 Å². The van der Waals surface area contributed by atoms with Gasteiger partial charge in [0.2, 0.25) is 11.8 Å². The standard InChI is InChI=1S/C33H40Cl2FN5O5/c1-18(34)37-13-8-23(36)26-27(28(43)38-20-5-7-25(46-17-20)29(44)41-15-21(42)16-41)40-32(11-9-31(2,3)10-12-32)33(26)22-6-4-19(35)14-24(22)39-30(33)45/h4,6,8,13-14,20-21,25-27,40,42H,1,5,7,9-12,15-17H2,2-3H3,(H,38,43)(H,39,45)/b23-8-,37-13-/t20-,25+,26+,27-,33-/m1/s1. The van der Waals surface area contributed by atoms with Crippen molar-refractivity contribution in [3.8, 4) is 0 Å². The Bertz CT molecular complexity index is 1490. The zero-order chi connectivity index (χ0) is 33.0. The minimum Gasteiger partial charge on any atom is -0.389 e. The lowest BCUT2D eigenvalue weighted by Gasteiger charge is -2.50. The SMILES string of the molecule is C=C(Cl)/N=C\C=C(/F)[C@H]1[C@H](C(=O)N[C@@H]2CC[C@@H](C(=O)N3CC(O)C3)OC2)NC2(CCC(C)(C)CC2)[C@@]12C(=O)Nc1cc(Cl)ccc12. The van der Waals surface area contributed by atoms with E-state index in [0.717, 1.165) is 18.9 Å². The molecule has 1 saturated carbocycles. The third-order valence-corrected chi connectivity index (χ3v) is 10.9. The lowest BCUT2D eigenvalue weighted by atomic mass is 9.54. The van der Waals surface area contributed by atoms with E-state index in [1.165, 1.54) is 6.21 Å². The Morgan fingerprint density at radius 1 is 1.22 bits per heavy atom. The summed E-state index contributed by atoms with van der Waals surface area (Å²) in [4.78, 5) is 46.8. The van der Waals surface area contributed by atoms with E-state index in [4.69, 9.17) is 27.9 Å². The van der Waals surface area contributed by atoms with Gasteiger partial charge in [-0.2, -0.15) is 0 Å². The fraction of sp³-hybridized carbons (Fsp3) is 0.576. The number of aliphatic hydroxyl groups excluding tert-OH is 1. The number of carbonyl (C=O) groups is 3. The van der Waals surface area contributed by atoms with Crippen molar-refractivity contribution in [1.82, 2.24) is 15.5 Å². The molecule has 3 saturated heterocycles. The van der Waals surface area contributed by atoms with Gasteiger partial charge in [-0.3, -0.25) is 19.7 Å². The molecular formula is C33H40Cl2FN5O5. The van der Waals surface area contributed by atoms with Crippen molar-refractivity contribution < 1.29 is 28.6 Å². The molecule has 0 bridgehead atoms. The van der Waals surface area contributed by atoms with E-state index in [1.807, 2.05) is 0 Å². The van der Waals surface area contributed by atoms with Gasteiger partial charge in [-0.1, -0.05) is 49.7 Å². The Morgan fingerprint density at radius 2 is 1.93 bits per heavy atom. The normalized spacial score (nSPS) is 32.0. The molecule has 1 aromatic rings. The van der Waals surface area contributed by atoms with Crippen LogP contribution >= 0.6 is 23.2 Å². The van der Waals surface area contributed by atoms with Crippen LogP contribution < -0.4 is 16.0 Å².